The Morgan fingerprint density at radius 1 is 1.47 bits per heavy atom. The number of carbonyl (C=O) groups excluding carboxylic acids is 2. The minimum atomic E-state index is -0.531. The first-order chi connectivity index (χ1) is 8.20. The maximum atomic E-state index is 11.9. The number of hydroxylamine groups is 1. The molecular formula is C12H14N2O3. The van der Waals surface area contributed by atoms with Crippen LogP contribution in [0.25, 0.3) is 0 Å². The first-order valence-electron chi connectivity index (χ1n) is 5.52. The zero-order valence-corrected chi connectivity index (χ0v) is 9.27. The van der Waals surface area contributed by atoms with Gasteiger partial charge in [-0.2, -0.15) is 0 Å². The Labute approximate surface area is 98.8 Å². The number of anilines is 1. The highest BCUT2D eigenvalue weighted by molar-refractivity contribution is 5.96. The van der Waals surface area contributed by atoms with Gasteiger partial charge in [0.25, 0.3) is 0 Å². The van der Waals surface area contributed by atoms with Crippen LogP contribution in [0.5, 0.6) is 0 Å². The van der Waals surface area contributed by atoms with E-state index in [4.69, 9.17) is 5.21 Å². The van der Waals surface area contributed by atoms with E-state index >= 15 is 0 Å². The minimum absolute atomic E-state index is 0.0102. The summed E-state index contributed by atoms with van der Waals surface area (Å²) in [5.74, 6) is -1.09. The Hall–Kier alpha value is -1.88. The summed E-state index contributed by atoms with van der Waals surface area (Å²) >= 11 is 0. The van der Waals surface area contributed by atoms with Gasteiger partial charge in [-0.25, -0.2) is 5.48 Å². The topological polar surface area (TPSA) is 78.4 Å². The summed E-state index contributed by atoms with van der Waals surface area (Å²) in [6.45, 7) is 0. The molecule has 0 saturated carbocycles. The van der Waals surface area contributed by atoms with Gasteiger partial charge in [0.05, 0.1) is 0 Å². The van der Waals surface area contributed by atoms with Crippen LogP contribution in [-0.4, -0.2) is 17.0 Å². The van der Waals surface area contributed by atoms with Crippen LogP contribution in [-0.2, 0) is 16.0 Å². The average molecular weight is 234 g/mol. The number of amides is 2. The van der Waals surface area contributed by atoms with Crippen molar-refractivity contribution >= 4 is 17.5 Å². The summed E-state index contributed by atoms with van der Waals surface area (Å²) < 4.78 is 0. The molecule has 17 heavy (non-hydrogen) atoms. The van der Waals surface area contributed by atoms with E-state index in [9.17, 15) is 9.59 Å². The van der Waals surface area contributed by atoms with Crippen LogP contribution in [0.1, 0.15) is 18.4 Å². The molecule has 1 aliphatic heterocycles. The third-order valence-electron chi connectivity index (χ3n) is 2.96. The second-order valence-corrected chi connectivity index (χ2v) is 4.12. The number of hydrogen-bond donors (Lipinski definition) is 3. The van der Waals surface area contributed by atoms with E-state index < -0.39 is 11.8 Å². The molecule has 2 rings (SSSR count). The van der Waals surface area contributed by atoms with Crippen molar-refractivity contribution in [3.8, 4) is 0 Å². The summed E-state index contributed by atoms with van der Waals surface area (Å²) in [6.07, 6.45) is 1.37. The van der Waals surface area contributed by atoms with Gasteiger partial charge in [0.15, 0.2) is 0 Å². The lowest BCUT2D eigenvalue weighted by Crippen LogP contribution is -2.28. The molecule has 0 aromatic heterocycles. The van der Waals surface area contributed by atoms with Crippen LogP contribution in [0, 0.1) is 5.92 Å². The Morgan fingerprint density at radius 2 is 2.24 bits per heavy atom. The molecule has 0 radical (unpaired) electrons. The van der Waals surface area contributed by atoms with Gasteiger partial charge in [-0.15, -0.1) is 0 Å². The second-order valence-electron chi connectivity index (χ2n) is 4.12. The van der Waals surface area contributed by atoms with Crippen LogP contribution in [0.4, 0.5) is 5.69 Å². The van der Waals surface area contributed by atoms with Gasteiger partial charge in [0.1, 0.15) is 0 Å². The Kier molecular flexibility index (Phi) is 3.39. The summed E-state index contributed by atoms with van der Waals surface area (Å²) in [7, 11) is 0. The van der Waals surface area contributed by atoms with Gasteiger partial charge in [0.2, 0.25) is 11.8 Å². The molecule has 1 heterocycles. The molecule has 3 N–H and O–H groups in total. The predicted octanol–water partition coefficient (Wildman–Crippen LogP) is 1.08. The van der Waals surface area contributed by atoms with Crippen LogP contribution >= 0.6 is 0 Å². The number of para-hydroxylation sites is 1. The van der Waals surface area contributed by atoms with Crippen molar-refractivity contribution in [1.29, 1.82) is 0 Å². The quantitative estimate of drug-likeness (QED) is 0.529. The molecule has 1 aliphatic rings. The first kappa shape index (κ1) is 11.6. The van der Waals surface area contributed by atoms with Crippen molar-refractivity contribution in [2.45, 2.75) is 19.3 Å². The zero-order valence-electron chi connectivity index (χ0n) is 9.27. The largest absolute Gasteiger partial charge is 0.326 e. The number of fused-ring (bicyclic) bond motifs is 1. The van der Waals surface area contributed by atoms with Crippen LogP contribution in [0.2, 0.25) is 0 Å². The second kappa shape index (κ2) is 4.97. The van der Waals surface area contributed by atoms with Crippen molar-refractivity contribution in [3.63, 3.8) is 0 Å². The number of rotatable bonds is 2. The molecule has 1 unspecified atom stereocenters. The fourth-order valence-electron chi connectivity index (χ4n) is 2.02. The van der Waals surface area contributed by atoms with Crippen molar-refractivity contribution < 1.29 is 14.8 Å². The SMILES string of the molecule is O=C(CC1CCc2ccccc2NC1=O)NO. The highest BCUT2D eigenvalue weighted by Crippen LogP contribution is 2.25. The van der Waals surface area contributed by atoms with E-state index in [1.807, 2.05) is 24.3 Å². The highest BCUT2D eigenvalue weighted by atomic mass is 16.5. The Balaban J connectivity index is 2.12. The number of hydrogen-bond acceptors (Lipinski definition) is 3. The van der Waals surface area contributed by atoms with Crippen LogP contribution in [0.3, 0.4) is 0 Å². The van der Waals surface area contributed by atoms with Gasteiger partial charge >= 0.3 is 0 Å². The fraction of sp³-hybridized carbons (Fsp3) is 0.333. The van der Waals surface area contributed by atoms with Crippen LogP contribution in [0.15, 0.2) is 24.3 Å². The molecule has 1 atom stereocenters. The molecule has 2 amide bonds. The number of carbonyl (C=O) groups is 2. The first-order valence-corrected chi connectivity index (χ1v) is 5.52. The van der Waals surface area contributed by atoms with E-state index in [1.165, 1.54) is 0 Å². The number of aryl methyl sites for hydroxylation is 1. The summed E-state index contributed by atoms with van der Waals surface area (Å²) in [5, 5.41) is 11.3. The third-order valence-corrected chi connectivity index (χ3v) is 2.96. The fourth-order valence-corrected chi connectivity index (χ4v) is 2.02. The van der Waals surface area contributed by atoms with Gasteiger partial charge in [-0.1, -0.05) is 18.2 Å². The van der Waals surface area contributed by atoms with Gasteiger partial charge in [-0.3, -0.25) is 14.8 Å². The zero-order chi connectivity index (χ0) is 12.3. The monoisotopic (exact) mass is 234 g/mol. The molecule has 0 fully saturated rings. The van der Waals surface area contributed by atoms with Crippen LogP contribution < -0.4 is 10.8 Å². The summed E-state index contributed by atoms with van der Waals surface area (Å²) in [6, 6.07) is 7.59. The molecule has 1 aromatic rings. The van der Waals surface area contributed by atoms with Gasteiger partial charge in [-0.05, 0) is 24.5 Å². The van der Waals surface area contributed by atoms with E-state index in [-0.39, 0.29) is 12.3 Å². The van der Waals surface area contributed by atoms with Gasteiger partial charge in [0, 0.05) is 18.0 Å². The number of benzene rings is 1. The van der Waals surface area contributed by atoms with Crippen molar-refractivity contribution in [2.75, 3.05) is 5.32 Å². The molecule has 0 aliphatic carbocycles. The summed E-state index contributed by atoms with van der Waals surface area (Å²) in [5.41, 5.74) is 3.44. The molecule has 90 valence electrons. The predicted molar refractivity (Wildman–Crippen MR) is 61.4 cm³/mol. The third kappa shape index (κ3) is 2.62. The molecule has 0 saturated heterocycles. The molecule has 1 aromatic carbocycles. The van der Waals surface area contributed by atoms with Gasteiger partial charge < -0.3 is 5.32 Å². The molecule has 5 heteroatoms. The lowest BCUT2D eigenvalue weighted by atomic mass is 9.97. The Bertz CT molecular complexity index is 445. The maximum Gasteiger partial charge on any atom is 0.244 e. The standard InChI is InChI=1S/C12H14N2O3/c15-11(14-17)7-9-6-5-8-3-1-2-4-10(8)13-12(9)16/h1-4,9,17H,5-7H2,(H,13,16)(H,14,15). The molecule has 0 spiro atoms. The van der Waals surface area contributed by atoms with Crippen molar-refractivity contribution in [2.24, 2.45) is 5.92 Å². The minimum Gasteiger partial charge on any atom is -0.326 e. The van der Waals surface area contributed by atoms with E-state index in [0.717, 1.165) is 17.7 Å². The highest BCUT2D eigenvalue weighted by Gasteiger charge is 2.25. The Morgan fingerprint density at radius 3 is 3.00 bits per heavy atom. The number of nitrogens with one attached hydrogen (secondary N) is 2. The molecule has 0 bridgehead atoms. The molecule has 5 nitrogen and oxygen atoms in total. The molecular weight excluding hydrogens is 220 g/mol. The van der Waals surface area contributed by atoms with E-state index in [1.54, 1.807) is 5.48 Å². The lowest BCUT2D eigenvalue weighted by molar-refractivity contribution is -0.133. The lowest BCUT2D eigenvalue weighted by Gasteiger charge is -2.11. The van der Waals surface area contributed by atoms with Crippen molar-refractivity contribution in [1.82, 2.24) is 5.48 Å². The average Bonchev–Trinajstić information content (AvgIpc) is 2.49. The van der Waals surface area contributed by atoms with E-state index in [2.05, 4.69) is 5.32 Å². The summed E-state index contributed by atoms with van der Waals surface area (Å²) in [4.78, 5) is 22.9. The smallest absolute Gasteiger partial charge is 0.244 e. The van der Waals surface area contributed by atoms with Crippen molar-refractivity contribution in [3.05, 3.63) is 29.8 Å². The van der Waals surface area contributed by atoms with E-state index in [0.29, 0.717) is 6.42 Å². The maximum absolute atomic E-state index is 11.9. The normalized spacial score (nSPS) is 18.9.